The van der Waals surface area contributed by atoms with Crippen molar-refractivity contribution in [1.29, 1.82) is 0 Å². The summed E-state index contributed by atoms with van der Waals surface area (Å²) in [6, 6.07) is 0. The quantitative estimate of drug-likeness (QED) is 0.0680. The highest BCUT2D eigenvalue weighted by Gasteiger charge is 2.32. The minimum atomic E-state index is -1.44. The molecule has 0 heterocycles. The molecule has 282 valence electrons. The van der Waals surface area contributed by atoms with Gasteiger partial charge in [-0.25, -0.2) is 0 Å². The zero-order valence-electron chi connectivity index (χ0n) is 27.4. The normalized spacial score (nSPS) is 10.8. The van der Waals surface area contributed by atoms with Crippen molar-refractivity contribution in [3.8, 4) is 0 Å². The number of esters is 2. The van der Waals surface area contributed by atoms with Crippen LogP contribution < -0.4 is 11.1 Å². The Bertz CT molecular complexity index is 1840. The zero-order chi connectivity index (χ0) is 40.4. The monoisotopic (exact) mass is 1430 g/mol. The van der Waals surface area contributed by atoms with E-state index < -0.39 is 46.9 Å². The third-order valence-corrected chi connectivity index (χ3v) is 13.2. The van der Waals surface area contributed by atoms with Crippen LogP contribution in [0.4, 0.5) is 11.4 Å². The van der Waals surface area contributed by atoms with Crippen LogP contribution in [0.1, 0.15) is 55.3 Å². The van der Waals surface area contributed by atoms with Crippen molar-refractivity contribution in [3.05, 3.63) is 69.0 Å². The van der Waals surface area contributed by atoms with E-state index in [0.29, 0.717) is 39.2 Å². The Morgan fingerprint density at radius 3 is 1.48 bits per heavy atom. The van der Waals surface area contributed by atoms with Gasteiger partial charge in [0.15, 0.2) is 0 Å². The Labute approximate surface area is 391 Å². The molecule has 2 aromatic carbocycles. The van der Waals surface area contributed by atoms with Crippen LogP contribution in [-0.2, 0) is 23.9 Å². The molecule has 21 heteroatoms. The van der Waals surface area contributed by atoms with E-state index >= 15 is 0 Å². The second-order valence-electron chi connectivity index (χ2n) is 10.1. The predicted octanol–water partition coefficient (Wildman–Crippen LogP) is 7.29. The van der Waals surface area contributed by atoms with E-state index in [4.69, 9.17) is 38.4 Å². The number of ether oxygens (including phenoxy) is 2. The summed E-state index contributed by atoms with van der Waals surface area (Å²) in [7, 11) is 3.22. The van der Waals surface area contributed by atoms with Gasteiger partial charge in [0.25, 0.3) is 28.2 Å². The van der Waals surface area contributed by atoms with Crippen molar-refractivity contribution in [3.63, 3.8) is 0 Å². The van der Waals surface area contributed by atoms with Crippen LogP contribution in [0.15, 0.2) is 25.3 Å². The topological polar surface area (TPSA) is 182 Å². The van der Waals surface area contributed by atoms with Gasteiger partial charge in [0, 0.05) is 48.2 Å². The second kappa shape index (κ2) is 22.8. The molecule has 0 bridgehead atoms. The van der Waals surface area contributed by atoms with Gasteiger partial charge in [0.1, 0.15) is 6.61 Å². The number of benzene rings is 2. The summed E-state index contributed by atoms with van der Waals surface area (Å²) >= 11 is 22.9. The Hall–Kier alpha value is -0.630. The molecule has 0 radical (unpaired) electrons. The molecular weight excluding hydrogens is 1400 g/mol. The number of rotatable bonds is 13. The minimum Gasteiger partial charge on any atom is -0.461 e. The number of halogens is 8. The van der Waals surface area contributed by atoms with E-state index in [1.807, 2.05) is 136 Å². The van der Waals surface area contributed by atoms with Gasteiger partial charge in [-0.05, 0) is 159 Å². The van der Waals surface area contributed by atoms with E-state index in [0.717, 1.165) is 13.8 Å². The highest BCUT2D eigenvalue weighted by molar-refractivity contribution is 14.1. The first kappa shape index (κ1) is 49.4. The smallest absolute Gasteiger partial charge is 0.303 e. The molecule has 0 aliphatic carbocycles. The Balaban J connectivity index is 0.000000578. The first-order valence-corrected chi connectivity index (χ1v) is 21.2. The number of carbonyl (C=O) groups is 7. The summed E-state index contributed by atoms with van der Waals surface area (Å²) in [5.41, 5.74) is 7.40. The third-order valence-electron chi connectivity index (χ3n) is 6.27. The lowest BCUT2D eigenvalue weighted by molar-refractivity contribution is -0.160. The number of amides is 3. The lowest BCUT2D eigenvalue weighted by atomic mass is 10.1. The predicted molar refractivity (Wildman–Crippen MR) is 249 cm³/mol. The molecule has 0 saturated carbocycles. The van der Waals surface area contributed by atoms with Gasteiger partial charge in [-0.15, -0.1) is 13.2 Å². The Morgan fingerprint density at radius 2 is 1.10 bits per heavy atom. The van der Waals surface area contributed by atoms with Crippen molar-refractivity contribution < 1.29 is 43.0 Å². The molecule has 3 N–H and O–H groups in total. The average Bonchev–Trinajstić information content (AvgIpc) is 3.03. The van der Waals surface area contributed by atoms with Crippen LogP contribution >= 0.6 is 159 Å². The number of anilines is 2. The van der Waals surface area contributed by atoms with Crippen LogP contribution in [-0.4, -0.2) is 89.8 Å². The second-order valence-corrected chi connectivity index (χ2v) is 17.2. The standard InChI is InChI=1S/C19H18ClI3N2O7.C12H10ClI3N2O2/c1-5-6-25(4)19(30)12-13(21)11(17(20)28)14(22)16(15(12)23)24-18(29)10(32-9(3)27)7-31-8(2)26;1-3-4-18(2)12(20)6-7(14)5(11(13)19)8(15)10(17)9(6)16/h5,10H,1,6-7H2,2-4H3,(H,24,29);3H,1,4,17H2,2H3. The number of hydrogen-bond acceptors (Lipinski definition) is 10. The largest absolute Gasteiger partial charge is 0.461 e. The Morgan fingerprint density at radius 1 is 0.712 bits per heavy atom. The first-order chi connectivity index (χ1) is 24.1. The van der Waals surface area contributed by atoms with Gasteiger partial charge in [-0.1, -0.05) is 12.2 Å². The maximum Gasteiger partial charge on any atom is 0.303 e. The fraction of sp³-hybridized carbons (Fsp3) is 0.258. The van der Waals surface area contributed by atoms with Crippen molar-refractivity contribution in [1.82, 2.24) is 9.80 Å². The molecule has 3 amide bonds. The van der Waals surface area contributed by atoms with Crippen molar-refractivity contribution in [2.75, 3.05) is 44.8 Å². The summed E-state index contributed by atoms with van der Waals surface area (Å²) < 4.78 is 12.4. The number of nitrogens with two attached hydrogens (primary N) is 1. The highest BCUT2D eigenvalue weighted by Crippen LogP contribution is 2.38. The molecule has 0 aromatic heterocycles. The minimum absolute atomic E-state index is 0.0444. The molecule has 0 fully saturated rings. The van der Waals surface area contributed by atoms with Crippen LogP contribution in [0.2, 0.25) is 0 Å². The molecule has 0 spiro atoms. The van der Waals surface area contributed by atoms with E-state index in [-0.39, 0.29) is 34.8 Å². The van der Waals surface area contributed by atoms with Gasteiger partial charge in [-0.3, -0.25) is 33.6 Å². The van der Waals surface area contributed by atoms with Crippen molar-refractivity contribution >= 4 is 210 Å². The average molecular weight is 1430 g/mol. The number of nitrogens with one attached hydrogen (secondary N) is 1. The molecule has 1 atom stereocenters. The van der Waals surface area contributed by atoms with Crippen molar-refractivity contribution in [2.45, 2.75) is 20.0 Å². The van der Waals surface area contributed by atoms with E-state index in [1.165, 1.54) is 9.80 Å². The van der Waals surface area contributed by atoms with Crippen LogP contribution in [0.3, 0.4) is 0 Å². The maximum atomic E-state index is 13.0. The maximum absolute atomic E-state index is 13.0. The molecular formula is C31H28Cl2I6N4O9. The lowest BCUT2D eigenvalue weighted by Gasteiger charge is -2.23. The van der Waals surface area contributed by atoms with Crippen molar-refractivity contribution in [2.24, 2.45) is 0 Å². The molecule has 52 heavy (non-hydrogen) atoms. The van der Waals surface area contributed by atoms with E-state index in [1.54, 1.807) is 26.2 Å². The zero-order valence-corrected chi connectivity index (χ0v) is 41.9. The van der Waals surface area contributed by atoms with Crippen LogP contribution in [0.25, 0.3) is 0 Å². The number of nitrogens with zero attached hydrogens (tertiary/aromatic N) is 2. The van der Waals surface area contributed by atoms with Crippen LogP contribution in [0, 0.1) is 21.4 Å². The SMILES string of the molecule is C=CCN(C)C(=O)c1c(I)c(N)c(I)c(C(=O)Cl)c1I.C=CCN(C)C(=O)c1c(I)c(NC(=O)C(COC(C)=O)OC(C)=O)c(I)c(C(=O)Cl)c1I. The molecule has 0 aliphatic rings. The third kappa shape index (κ3) is 13.0. The summed E-state index contributed by atoms with van der Waals surface area (Å²) in [6.07, 6.45) is 1.72. The number of carbonyl (C=O) groups excluding carboxylic acids is 7. The van der Waals surface area contributed by atoms with Gasteiger partial charge in [0.05, 0.1) is 47.9 Å². The molecule has 0 aliphatic heterocycles. The van der Waals surface area contributed by atoms with E-state index in [9.17, 15) is 33.6 Å². The molecule has 13 nitrogen and oxygen atoms in total. The van der Waals surface area contributed by atoms with Gasteiger partial charge in [-0.2, -0.15) is 0 Å². The number of nitrogen functional groups attached to an aromatic ring is 1. The Kier molecular flexibility index (Phi) is 21.7. The van der Waals surface area contributed by atoms with Gasteiger partial charge in [0.2, 0.25) is 6.10 Å². The summed E-state index contributed by atoms with van der Waals surface area (Å²) in [6.45, 7) is 9.59. The van der Waals surface area contributed by atoms with Gasteiger partial charge < -0.3 is 30.3 Å². The number of hydrogen-bond donors (Lipinski definition) is 2. The lowest BCUT2D eigenvalue weighted by Crippen LogP contribution is -2.37. The fourth-order valence-electron chi connectivity index (χ4n) is 3.87. The highest BCUT2D eigenvalue weighted by atomic mass is 127. The first-order valence-electron chi connectivity index (χ1n) is 14.0. The summed E-state index contributed by atoms with van der Waals surface area (Å²) in [5, 5.41) is 1.13. The number of likely N-dealkylation sites (N-methyl/N-ethyl adjacent to an activating group) is 2. The molecule has 1 unspecified atom stereocenters. The van der Waals surface area contributed by atoms with Crippen LogP contribution in [0.5, 0.6) is 0 Å². The molecule has 0 saturated heterocycles. The van der Waals surface area contributed by atoms with Gasteiger partial charge >= 0.3 is 11.9 Å². The summed E-state index contributed by atoms with van der Waals surface area (Å²) in [5.74, 6) is -2.88. The summed E-state index contributed by atoms with van der Waals surface area (Å²) in [4.78, 5) is 87.4. The molecule has 2 aromatic rings. The molecule has 2 rings (SSSR count). The fourth-order valence-corrected chi connectivity index (χ4v) is 13.4. The van der Waals surface area contributed by atoms with E-state index in [2.05, 4.69) is 18.5 Å².